The van der Waals surface area contributed by atoms with Crippen molar-refractivity contribution in [1.29, 1.82) is 0 Å². The van der Waals surface area contributed by atoms with Crippen molar-refractivity contribution in [2.45, 2.75) is 13.3 Å². The van der Waals surface area contributed by atoms with E-state index < -0.39 is 0 Å². The van der Waals surface area contributed by atoms with Crippen molar-refractivity contribution in [3.63, 3.8) is 0 Å². The molecule has 1 aliphatic rings. The molecule has 1 N–H and O–H groups in total. The molecule has 0 fully saturated rings. The summed E-state index contributed by atoms with van der Waals surface area (Å²) < 4.78 is 1.15. The van der Waals surface area contributed by atoms with Gasteiger partial charge in [-0.1, -0.05) is 34.1 Å². The van der Waals surface area contributed by atoms with Crippen LogP contribution in [0.4, 0.5) is 11.4 Å². The summed E-state index contributed by atoms with van der Waals surface area (Å²) >= 11 is 3.54. The van der Waals surface area contributed by atoms with Gasteiger partial charge >= 0.3 is 0 Å². The second kappa shape index (κ2) is 5.88. The van der Waals surface area contributed by atoms with Crippen LogP contribution in [0.1, 0.15) is 11.1 Å². The highest BCUT2D eigenvalue weighted by Gasteiger charge is 2.13. The minimum absolute atomic E-state index is 0.979. The Morgan fingerprint density at radius 1 is 1.10 bits per heavy atom. The number of rotatable bonds is 1. The Bertz CT molecular complexity index is 610. The fraction of sp³-hybridized carbons (Fsp3) is 0.294. The van der Waals surface area contributed by atoms with E-state index in [1.807, 2.05) is 0 Å². The topological polar surface area (TPSA) is 15.3 Å². The highest BCUT2D eigenvalue weighted by Crippen LogP contribution is 2.26. The van der Waals surface area contributed by atoms with Gasteiger partial charge in [0.05, 0.1) is 0 Å². The summed E-state index contributed by atoms with van der Waals surface area (Å²) in [5.74, 6) is 0. The summed E-state index contributed by atoms with van der Waals surface area (Å²) in [4.78, 5) is 2.48. The molecule has 3 heteroatoms. The van der Waals surface area contributed by atoms with Gasteiger partial charge in [0, 0.05) is 35.5 Å². The largest absolute Gasteiger partial charge is 0.383 e. The molecule has 0 radical (unpaired) electrons. The van der Waals surface area contributed by atoms with Gasteiger partial charge in [-0.15, -0.1) is 0 Å². The zero-order valence-corrected chi connectivity index (χ0v) is 13.3. The van der Waals surface area contributed by atoms with Crippen molar-refractivity contribution in [3.8, 4) is 0 Å². The summed E-state index contributed by atoms with van der Waals surface area (Å²) in [5.41, 5.74) is 5.37. The Morgan fingerprint density at radius 3 is 2.80 bits per heavy atom. The first-order chi connectivity index (χ1) is 9.74. The van der Waals surface area contributed by atoms with Crippen molar-refractivity contribution < 1.29 is 0 Å². The van der Waals surface area contributed by atoms with Gasteiger partial charge in [-0.05, 0) is 48.7 Å². The zero-order valence-electron chi connectivity index (χ0n) is 11.7. The van der Waals surface area contributed by atoms with Gasteiger partial charge in [0.2, 0.25) is 0 Å². The molecule has 2 aromatic rings. The second-order valence-corrected chi connectivity index (χ2v) is 6.17. The fourth-order valence-corrected chi connectivity index (χ4v) is 3.29. The van der Waals surface area contributed by atoms with Gasteiger partial charge in [0.15, 0.2) is 0 Å². The predicted octanol–water partition coefficient (Wildman–Crippen LogP) is 4.23. The number of aryl methyl sites for hydroxylation is 1. The average Bonchev–Trinajstić information content (AvgIpc) is 2.41. The molecule has 0 aliphatic carbocycles. The molecule has 0 unspecified atom stereocenters. The lowest BCUT2D eigenvalue weighted by Crippen LogP contribution is -2.33. The number of fused-ring (bicyclic) bond motifs is 1. The van der Waals surface area contributed by atoms with E-state index in [4.69, 9.17) is 0 Å². The van der Waals surface area contributed by atoms with Crippen LogP contribution < -0.4 is 10.2 Å². The number of nitrogens with zero attached hydrogens (tertiary/aromatic N) is 1. The van der Waals surface area contributed by atoms with Crippen LogP contribution in [0.2, 0.25) is 0 Å². The summed E-state index contributed by atoms with van der Waals surface area (Å²) in [5, 5.41) is 3.54. The Labute approximate surface area is 128 Å². The van der Waals surface area contributed by atoms with Crippen molar-refractivity contribution >= 4 is 27.3 Å². The molecule has 0 amide bonds. The van der Waals surface area contributed by atoms with E-state index in [1.165, 1.54) is 22.5 Å². The van der Waals surface area contributed by atoms with E-state index in [0.717, 1.165) is 30.5 Å². The molecule has 3 rings (SSSR count). The number of benzene rings is 2. The summed E-state index contributed by atoms with van der Waals surface area (Å²) in [6, 6.07) is 15.2. The van der Waals surface area contributed by atoms with Crippen LogP contribution >= 0.6 is 15.9 Å². The summed E-state index contributed by atoms with van der Waals surface area (Å²) in [6.45, 7) is 5.27. The van der Waals surface area contributed by atoms with Crippen molar-refractivity contribution in [2.24, 2.45) is 0 Å². The van der Waals surface area contributed by atoms with E-state index in [9.17, 15) is 0 Å². The smallest absolute Gasteiger partial charge is 0.0397 e. The zero-order chi connectivity index (χ0) is 13.9. The number of hydrogen-bond donors (Lipinski definition) is 1. The van der Waals surface area contributed by atoms with E-state index in [-0.39, 0.29) is 0 Å². The van der Waals surface area contributed by atoms with E-state index in [0.29, 0.717) is 0 Å². The maximum absolute atomic E-state index is 3.54. The molecular weight excluding hydrogens is 312 g/mol. The lowest BCUT2D eigenvalue weighted by Gasteiger charge is -2.29. The molecule has 104 valence electrons. The van der Waals surface area contributed by atoms with Gasteiger partial charge in [-0.2, -0.15) is 0 Å². The third-order valence-corrected chi connectivity index (χ3v) is 4.36. The third-order valence-electron chi connectivity index (χ3n) is 3.87. The molecule has 0 bridgehead atoms. The van der Waals surface area contributed by atoms with E-state index >= 15 is 0 Å². The van der Waals surface area contributed by atoms with Crippen LogP contribution in [0.3, 0.4) is 0 Å². The monoisotopic (exact) mass is 330 g/mol. The molecule has 1 heterocycles. The van der Waals surface area contributed by atoms with Crippen LogP contribution in [-0.4, -0.2) is 19.6 Å². The Kier molecular flexibility index (Phi) is 3.97. The number of hydrogen-bond acceptors (Lipinski definition) is 2. The summed E-state index contributed by atoms with van der Waals surface area (Å²) in [6.07, 6.45) is 1.08. The number of anilines is 2. The van der Waals surface area contributed by atoms with Gasteiger partial charge in [0.25, 0.3) is 0 Å². The predicted molar refractivity (Wildman–Crippen MR) is 89.7 cm³/mol. The Morgan fingerprint density at radius 2 is 1.95 bits per heavy atom. The van der Waals surface area contributed by atoms with E-state index in [1.54, 1.807) is 0 Å². The molecule has 1 aliphatic heterocycles. The molecule has 0 atom stereocenters. The van der Waals surface area contributed by atoms with Gasteiger partial charge in [-0.25, -0.2) is 0 Å². The normalized spacial score (nSPS) is 15.0. The highest BCUT2D eigenvalue weighted by atomic mass is 79.9. The molecule has 0 aromatic heterocycles. The lowest BCUT2D eigenvalue weighted by atomic mass is 10.1. The molecular formula is C17H19BrN2. The van der Waals surface area contributed by atoms with Gasteiger partial charge < -0.3 is 10.2 Å². The quantitative estimate of drug-likeness (QED) is 0.841. The fourth-order valence-electron chi connectivity index (χ4n) is 2.82. The Balaban J connectivity index is 1.83. The minimum atomic E-state index is 0.979. The first-order valence-corrected chi connectivity index (χ1v) is 7.86. The third kappa shape index (κ3) is 2.83. The van der Waals surface area contributed by atoms with Gasteiger partial charge in [-0.3, -0.25) is 0 Å². The number of para-hydroxylation sites is 1. The van der Waals surface area contributed by atoms with Crippen LogP contribution in [0, 0.1) is 6.92 Å². The van der Waals surface area contributed by atoms with E-state index in [2.05, 4.69) is 75.5 Å². The lowest BCUT2D eigenvalue weighted by molar-refractivity contribution is 0.772. The van der Waals surface area contributed by atoms with Crippen LogP contribution in [0.15, 0.2) is 46.9 Å². The van der Waals surface area contributed by atoms with Crippen molar-refractivity contribution in [2.75, 3.05) is 29.9 Å². The first kappa shape index (κ1) is 13.5. The SMILES string of the molecule is Cc1cc(Br)ccc1N1CCNc2ccccc2CC1. The standard InChI is InChI=1S/C17H19BrN2/c1-13-12-15(18)6-7-17(13)20-10-8-14-4-2-3-5-16(14)19-9-11-20/h2-7,12,19H,8-11H2,1H3. The summed E-state index contributed by atoms with van der Waals surface area (Å²) in [7, 11) is 0. The maximum Gasteiger partial charge on any atom is 0.0397 e. The van der Waals surface area contributed by atoms with Gasteiger partial charge in [0.1, 0.15) is 0 Å². The molecule has 0 spiro atoms. The minimum Gasteiger partial charge on any atom is -0.383 e. The molecule has 0 saturated carbocycles. The Hall–Kier alpha value is -1.48. The molecule has 0 saturated heterocycles. The van der Waals surface area contributed by atoms with Crippen molar-refractivity contribution in [3.05, 3.63) is 58.1 Å². The molecule has 2 aromatic carbocycles. The van der Waals surface area contributed by atoms with Crippen LogP contribution in [0.25, 0.3) is 0 Å². The molecule has 20 heavy (non-hydrogen) atoms. The highest BCUT2D eigenvalue weighted by molar-refractivity contribution is 9.10. The number of nitrogens with one attached hydrogen (secondary N) is 1. The van der Waals surface area contributed by atoms with Crippen LogP contribution in [0.5, 0.6) is 0 Å². The molecule has 2 nitrogen and oxygen atoms in total. The second-order valence-electron chi connectivity index (χ2n) is 5.25. The average molecular weight is 331 g/mol. The van der Waals surface area contributed by atoms with Crippen LogP contribution in [-0.2, 0) is 6.42 Å². The van der Waals surface area contributed by atoms with Crippen molar-refractivity contribution in [1.82, 2.24) is 0 Å². The first-order valence-electron chi connectivity index (χ1n) is 7.07. The number of halogens is 1. The maximum atomic E-state index is 3.54.